The Bertz CT molecular complexity index is 1150. The van der Waals surface area contributed by atoms with Crippen LogP contribution in [0.1, 0.15) is 20.8 Å². The largest absolute Gasteiger partial charge is 0.496 e. The molecule has 28 heavy (non-hydrogen) atoms. The van der Waals surface area contributed by atoms with Crippen LogP contribution in [0.5, 0.6) is 5.75 Å². The van der Waals surface area contributed by atoms with Gasteiger partial charge in [-0.15, -0.1) is 11.3 Å². The van der Waals surface area contributed by atoms with E-state index in [0.717, 1.165) is 36.7 Å². The van der Waals surface area contributed by atoms with Gasteiger partial charge in [-0.25, -0.2) is 0 Å². The second kappa shape index (κ2) is 7.81. The lowest BCUT2D eigenvalue weighted by atomic mass is 10.2. The summed E-state index contributed by atoms with van der Waals surface area (Å²) in [7, 11) is 1.62. The Labute approximate surface area is 175 Å². The number of nitrogens with one attached hydrogen (secondary N) is 1. The van der Waals surface area contributed by atoms with Crippen molar-refractivity contribution in [1.29, 1.82) is 0 Å². The van der Waals surface area contributed by atoms with E-state index in [2.05, 4.69) is 21.2 Å². The summed E-state index contributed by atoms with van der Waals surface area (Å²) in [6, 6.07) is 17.6. The minimum Gasteiger partial charge on any atom is -0.496 e. The third-order valence-corrected chi connectivity index (χ3v) is 6.03. The maximum Gasteiger partial charge on any atom is 0.256 e. The predicted molar refractivity (Wildman–Crippen MR) is 116 cm³/mol. The topological polar surface area (TPSA) is 51.5 Å². The molecule has 0 radical (unpaired) electrons. The van der Waals surface area contributed by atoms with E-state index in [1.165, 1.54) is 0 Å². The maximum absolute atomic E-state index is 12.9. The van der Waals surface area contributed by atoms with E-state index in [4.69, 9.17) is 9.15 Å². The smallest absolute Gasteiger partial charge is 0.256 e. The molecule has 2 aromatic carbocycles. The van der Waals surface area contributed by atoms with Gasteiger partial charge in [0.15, 0.2) is 5.58 Å². The summed E-state index contributed by atoms with van der Waals surface area (Å²) in [4.78, 5) is 13.9. The van der Waals surface area contributed by atoms with Crippen LogP contribution < -0.4 is 10.1 Å². The van der Waals surface area contributed by atoms with Gasteiger partial charge in [0.2, 0.25) is 0 Å². The molecule has 142 valence electrons. The van der Waals surface area contributed by atoms with E-state index < -0.39 is 0 Å². The number of rotatable bonds is 5. The Morgan fingerprint density at radius 1 is 1.18 bits per heavy atom. The van der Waals surface area contributed by atoms with Crippen molar-refractivity contribution in [3.05, 3.63) is 75.1 Å². The molecule has 0 aliphatic rings. The minimum absolute atomic E-state index is 0.153. The Morgan fingerprint density at radius 2 is 1.96 bits per heavy atom. The summed E-state index contributed by atoms with van der Waals surface area (Å²) < 4.78 is 13.4. The second-order valence-electron chi connectivity index (χ2n) is 6.34. The molecule has 1 N–H and O–H groups in total. The zero-order valence-electron chi connectivity index (χ0n) is 15.4. The molecule has 2 aromatic heterocycles. The fourth-order valence-corrected chi connectivity index (χ4v) is 4.59. The molecule has 4 nitrogen and oxygen atoms in total. The highest BCUT2D eigenvalue weighted by Gasteiger charge is 2.21. The maximum atomic E-state index is 12.9. The van der Waals surface area contributed by atoms with Crippen LogP contribution in [0.15, 0.2) is 63.5 Å². The Balaban J connectivity index is 1.61. The molecule has 0 fully saturated rings. The summed E-state index contributed by atoms with van der Waals surface area (Å²) in [6.07, 6.45) is 0. The first kappa shape index (κ1) is 18.8. The van der Waals surface area contributed by atoms with Crippen LogP contribution in [-0.4, -0.2) is 13.0 Å². The molecule has 4 aromatic rings. The van der Waals surface area contributed by atoms with E-state index in [1.807, 2.05) is 61.5 Å². The summed E-state index contributed by atoms with van der Waals surface area (Å²) in [5.41, 5.74) is 3.13. The van der Waals surface area contributed by atoms with Crippen molar-refractivity contribution in [3.8, 4) is 17.1 Å². The average Bonchev–Trinajstić information content (AvgIpc) is 3.23. The van der Waals surface area contributed by atoms with Gasteiger partial charge >= 0.3 is 0 Å². The van der Waals surface area contributed by atoms with Crippen LogP contribution in [-0.2, 0) is 6.54 Å². The molecule has 0 unspecified atom stereocenters. The molecule has 4 rings (SSSR count). The van der Waals surface area contributed by atoms with E-state index >= 15 is 0 Å². The Hall–Kier alpha value is -2.57. The van der Waals surface area contributed by atoms with Gasteiger partial charge in [-0.1, -0.05) is 46.3 Å². The predicted octanol–water partition coefficient (Wildman–Crippen LogP) is 6.17. The molecule has 0 saturated heterocycles. The van der Waals surface area contributed by atoms with Gasteiger partial charge in [0, 0.05) is 33.1 Å². The first-order valence-corrected chi connectivity index (χ1v) is 10.4. The molecular weight excluding hydrogens is 438 g/mol. The van der Waals surface area contributed by atoms with Crippen molar-refractivity contribution in [3.63, 3.8) is 0 Å². The van der Waals surface area contributed by atoms with E-state index in [1.54, 1.807) is 18.4 Å². The number of thiophene rings is 1. The molecule has 6 heteroatoms. The number of hydrogen-bond acceptors (Lipinski definition) is 4. The summed E-state index contributed by atoms with van der Waals surface area (Å²) >= 11 is 5.03. The van der Waals surface area contributed by atoms with Gasteiger partial charge in [-0.2, -0.15) is 0 Å². The van der Waals surface area contributed by atoms with Crippen molar-refractivity contribution < 1.29 is 13.9 Å². The minimum atomic E-state index is -0.153. The van der Waals surface area contributed by atoms with E-state index in [-0.39, 0.29) is 5.91 Å². The molecule has 1 amide bonds. The molecule has 2 heterocycles. The van der Waals surface area contributed by atoms with Crippen molar-refractivity contribution >= 4 is 43.5 Å². The van der Waals surface area contributed by atoms with E-state index in [0.29, 0.717) is 17.7 Å². The van der Waals surface area contributed by atoms with Crippen LogP contribution >= 0.6 is 27.3 Å². The molecule has 0 spiro atoms. The summed E-state index contributed by atoms with van der Waals surface area (Å²) in [5.74, 6) is 1.35. The number of benzene rings is 2. The highest BCUT2D eigenvalue weighted by atomic mass is 79.9. The number of carbonyl (C=O) groups is 1. The highest BCUT2D eigenvalue weighted by molar-refractivity contribution is 9.10. The molecule has 0 bridgehead atoms. The lowest BCUT2D eigenvalue weighted by molar-refractivity contribution is 0.0951. The van der Waals surface area contributed by atoms with Crippen LogP contribution in [0.4, 0.5) is 0 Å². The van der Waals surface area contributed by atoms with Crippen molar-refractivity contribution in [2.75, 3.05) is 7.11 Å². The first-order chi connectivity index (χ1) is 13.6. The number of hydrogen-bond donors (Lipinski definition) is 1. The average molecular weight is 456 g/mol. The number of furan rings is 1. The molecule has 0 atom stereocenters. The molecule has 0 saturated carbocycles. The van der Waals surface area contributed by atoms with Gasteiger partial charge in [-0.05, 0) is 25.1 Å². The molecular formula is C22H18BrNO3S. The fraction of sp³-hybridized carbons (Fsp3) is 0.136. The van der Waals surface area contributed by atoms with E-state index in [9.17, 15) is 4.79 Å². The number of aryl methyl sites for hydroxylation is 1. The normalized spacial score (nSPS) is 11.0. The number of halogens is 1. The molecule has 0 aliphatic heterocycles. The Morgan fingerprint density at radius 3 is 2.71 bits per heavy atom. The van der Waals surface area contributed by atoms with Crippen molar-refractivity contribution in [2.45, 2.75) is 13.5 Å². The quantitative estimate of drug-likeness (QED) is 0.391. The van der Waals surface area contributed by atoms with Gasteiger partial charge in [-0.3, -0.25) is 4.79 Å². The van der Waals surface area contributed by atoms with Gasteiger partial charge < -0.3 is 14.5 Å². The van der Waals surface area contributed by atoms with Gasteiger partial charge in [0.25, 0.3) is 5.91 Å². The van der Waals surface area contributed by atoms with Crippen LogP contribution in [0.25, 0.3) is 21.6 Å². The van der Waals surface area contributed by atoms with Crippen molar-refractivity contribution in [2.24, 2.45) is 0 Å². The summed E-state index contributed by atoms with van der Waals surface area (Å²) in [5, 5.41) is 2.99. The zero-order valence-corrected chi connectivity index (χ0v) is 17.8. The second-order valence-corrected chi connectivity index (χ2v) is 8.51. The SMILES string of the molecule is COc1ccc(Br)cc1CNC(=O)c1c(C)sc2cc(-c3ccccc3)oc12. The third-order valence-electron chi connectivity index (χ3n) is 4.51. The monoisotopic (exact) mass is 455 g/mol. The number of carbonyl (C=O) groups excluding carboxylic acids is 1. The van der Waals surface area contributed by atoms with Gasteiger partial charge in [0.05, 0.1) is 17.4 Å². The fourth-order valence-electron chi connectivity index (χ4n) is 3.16. The van der Waals surface area contributed by atoms with Crippen LogP contribution in [0.2, 0.25) is 0 Å². The number of fused-ring (bicyclic) bond motifs is 1. The standard InChI is InChI=1S/C22H18BrNO3S/c1-13-20(22(25)24-12-15-10-16(23)8-9-17(15)26-2)21-19(28-13)11-18(27-21)14-6-4-3-5-7-14/h3-11H,12H2,1-2H3,(H,24,25). The highest BCUT2D eigenvalue weighted by Crippen LogP contribution is 2.37. The van der Waals surface area contributed by atoms with Crippen LogP contribution in [0, 0.1) is 6.92 Å². The first-order valence-electron chi connectivity index (χ1n) is 8.76. The molecule has 0 aliphatic carbocycles. The number of ether oxygens (including phenoxy) is 1. The number of methoxy groups -OCH3 is 1. The number of amides is 1. The lowest BCUT2D eigenvalue weighted by Gasteiger charge is -2.10. The Kier molecular flexibility index (Phi) is 5.24. The van der Waals surface area contributed by atoms with Crippen molar-refractivity contribution in [1.82, 2.24) is 5.32 Å². The van der Waals surface area contributed by atoms with Gasteiger partial charge in [0.1, 0.15) is 11.5 Å². The zero-order chi connectivity index (χ0) is 19.7. The third kappa shape index (κ3) is 3.57. The lowest BCUT2D eigenvalue weighted by Crippen LogP contribution is -2.23. The summed E-state index contributed by atoms with van der Waals surface area (Å²) in [6.45, 7) is 2.31. The van der Waals surface area contributed by atoms with Crippen LogP contribution in [0.3, 0.4) is 0 Å².